The molecular weight excluding hydrogens is 319 g/mol. The first-order valence-electron chi connectivity index (χ1n) is 9.68. The van der Waals surface area contributed by atoms with Crippen LogP contribution in [0.25, 0.3) is 0 Å². The Balaban J connectivity index is -0.00000242. The van der Waals surface area contributed by atoms with Crippen molar-refractivity contribution in [2.45, 2.75) is 110 Å². The van der Waals surface area contributed by atoms with Gasteiger partial charge in [-0.15, -0.1) is 0 Å². The molecule has 0 saturated carbocycles. The molecule has 0 bridgehead atoms. The quantitative estimate of drug-likeness (QED) is 0.232. The number of rotatable bonds is 18. The summed E-state index contributed by atoms with van der Waals surface area (Å²) in [5, 5.41) is 0. The molecule has 0 aromatic carbocycles. The average Bonchev–Trinajstić information content (AvgIpc) is 2.49. The van der Waals surface area contributed by atoms with Gasteiger partial charge in [-0.2, -0.15) is 8.42 Å². The van der Waals surface area contributed by atoms with E-state index in [2.05, 4.69) is 11.1 Å². The van der Waals surface area contributed by atoms with Crippen LogP contribution in [-0.2, 0) is 14.6 Å². The molecule has 6 heteroatoms. The fraction of sp³-hybridized carbons (Fsp3) is 1.00. The zero-order chi connectivity index (χ0) is 17.2. The standard InChI is InChI=1S/C18H38O4S.Li.H/c1-2-3-4-5-6-7-8-9-10-11-12-13-14-15-16-17-18-22-23(19,20)21;;/h2-18H2,1H3,(H,19,20,21);;/q;+1;-1. The molecule has 4 nitrogen and oxygen atoms in total. The Morgan fingerprint density at radius 3 is 1.25 bits per heavy atom. The Morgan fingerprint density at radius 2 is 0.958 bits per heavy atom. The molecule has 0 aromatic heterocycles. The first kappa shape index (κ1) is 26.7. The minimum atomic E-state index is -4.24. The molecule has 0 fully saturated rings. The molecule has 0 rings (SSSR count). The summed E-state index contributed by atoms with van der Waals surface area (Å²) in [4.78, 5) is 0. The normalized spacial score (nSPS) is 11.4. The SMILES string of the molecule is CCCCCCCCCCCCCCCCCCOS(=O)(=O)O.[H-].[Li+]. The van der Waals surface area contributed by atoms with E-state index in [1.807, 2.05) is 0 Å². The van der Waals surface area contributed by atoms with Gasteiger partial charge in [0, 0.05) is 0 Å². The van der Waals surface area contributed by atoms with Gasteiger partial charge in [0.2, 0.25) is 0 Å². The van der Waals surface area contributed by atoms with Crippen molar-refractivity contribution in [1.29, 1.82) is 0 Å². The van der Waals surface area contributed by atoms with E-state index in [1.54, 1.807) is 0 Å². The van der Waals surface area contributed by atoms with Crippen molar-refractivity contribution in [2.24, 2.45) is 0 Å². The van der Waals surface area contributed by atoms with Crippen molar-refractivity contribution in [2.75, 3.05) is 6.61 Å². The zero-order valence-corrected chi connectivity index (χ0v) is 16.9. The molecule has 0 aromatic rings. The van der Waals surface area contributed by atoms with E-state index in [0.29, 0.717) is 6.42 Å². The van der Waals surface area contributed by atoms with Crippen molar-refractivity contribution in [3.8, 4) is 0 Å². The predicted molar refractivity (Wildman–Crippen MR) is 98.2 cm³/mol. The Kier molecular flexibility index (Phi) is 22.0. The number of hydrogen-bond donors (Lipinski definition) is 1. The molecule has 0 aliphatic heterocycles. The Bertz CT molecular complexity index is 340. The maximum Gasteiger partial charge on any atom is 1.00 e. The van der Waals surface area contributed by atoms with Crippen molar-refractivity contribution in [3.05, 3.63) is 0 Å². The van der Waals surface area contributed by atoms with Crippen LogP contribution in [0.4, 0.5) is 0 Å². The van der Waals surface area contributed by atoms with Crippen molar-refractivity contribution in [3.63, 3.8) is 0 Å². The molecular formula is C18H39LiO4S. The second kappa shape index (κ2) is 19.8. The molecule has 0 saturated heterocycles. The van der Waals surface area contributed by atoms with E-state index in [-0.39, 0.29) is 26.9 Å². The molecule has 0 aliphatic carbocycles. The molecule has 0 amide bonds. The van der Waals surface area contributed by atoms with E-state index in [1.165, 1.54) is 83.5 Å². The van der Waals surface area contributed by atoms with Gasteiger partial charge in [-0.1, -0.05) is 103 Å². The number of hydrogen-bond acceptors (Lipinski definition) is 3. The molecule has 0 aliphatic rings. The van der Waals surface area contributed by atoms with Gasteiger partial charge in [-0.25, -0.2) is 4.18 Å². The molecule has 0 radical (unpaired) electrons. The third-order valence-corrected chi connectivity index (χ3v) is 4.69. The topological polar surface area (TPSA) is 63.6 Å². The smallest absolute Gasteiger partial charge is 1.00 e. The molecule has 142 valence electrons. The van der Waals surface area contributed by atoms with Crippen LogP contribution in [0.3, 0.4) is 0 Å². The van der Waals surface area contributed by atoms with Gasteiger partial charge >= 0.3 is 29.3 Å². The van der Waals surface area contributed by atoms with Gasteiger partial charge in [0.25, 0.3) is 0 Å². The summed E-state index contributed by atoms with van der Waals surface area (Å²) in [5.41, 5.74) is 0. The van der Waals surface area contributed by atoms with Crippen LogP contribution < -0.4 is 18.9 Å². The average molecular weight is 359 g/mol. The third-order valence-electron chi connectivity index (χ3n) is 4.23. The van der Waals surface area contributed by atoms with Gasteiger partial charge in [-0.3, -0.25) is 4.55 Å². The van der Waals surface area contributed by atoms with E-state index in [0.717, 1.165) is 12.8 Å². The number of unbranched alkanes of at least 4 members (excludes halogenated alkanes) is 15. The molecule has 0 heterocycles. The van der Waals surface area contributed by atoms with Crippen LogP contribution in [-0.4, -0.2) is 19.6 Å². The first-order chi connectivity index (χ1) is 11.1. The molecule has 0 spiro atoms. The maximum atomic E-state index is 10.3. The monoisotopic (exact) mass is 358 g/mol. The summed E-state index contributed by atoms with van der Waals surface area (Å²) < 4.78 is 33.3. The van der Waals surface area contributed by atoms with Gasteiger partial charge in [0.1, 0.15) is 0 Å². The summed E-state index contributed by atoms with van der Waals surface area (Å²) in [7, 11) is -4.24. The van der Waals surface area contributed by atoms with Crippen LogP contribution in [0, 0.1) is 0 Å². The van der Waals surface area contributed by atoms with E-state index in [4.69, 9.17) is 4.55 Å². The molecule has 0 unspecified atom stereocenters. The third kappa shape index (κ3) is 24.7. The van der Waals surface area contributed by atoms with E-state index >= 15 is 0 Å². The minimum Gasteiger partial charge on any atom is -1.00 e. The van der Waals surface area contributed by atoms with Crippen LogP contribution >= 0.6 is 0 Å². The molecule has 24 heavy (non-hydrogen) atoms. The fourth-order valence-electron chi connectivity index (χ4n) is 2.81. The van der Waals surface area contributed by atoms with Gasteiger partial charge in [-0.05, 0) is 6.42 Å². The molecule has 0 atom stereocenters. The van der Waals surface area contributed by atoms with E-state index in [9.17, 15) is 8.42 Å². The zero-order valence-electron chi connectivity index (χ0n) is 17.1. The molecule has 1 N–H and O–H groups in total. The van der Waals surface area contributed by atoms with Crippen LogP contribution in [0.5, 0.6) is 0 Å². The predicted octanol–water partition coefficient (Wildman–Crippen LogP) is 3.18. The summed E-state index contributed by atoms with van der Waals surface area (Å²) in [6.07, 6.45) is 20.5. The van der Waals surface area contributed by atoms with Gasteiger partial charge < -0.3 is 1.43 Å². The first-order valence-corrected chi connectivity index (χ1v) is 11.0. The van der Waals surface area contributed by atoms with E-state index < -0.39 is 10.4 Å². The minimum absolute atomic E-state index is 0. The van der Waals surface area contributed by atoms with Crippen LogP contribution in [0.15, 0.2) is 0 Å². The van der Waals surface area contributed by atoms with Crippen molar-refractivity contribution < 1.29 is 37.4 Å². The van der Waals surface area contributed by atoms with Crippen LogP contribution in [0.1, 0.15) is 111 Å². The summed E-state index contributed by atoms with van der Waals surface area (Å²) in [6.45, 7) is 2.36. The Morgan fingerprint density at radius 1 is 0.667 bits per heavy atom. The van der Waals surface area contributed by atoms with Gasteiger partial charge in [0.15, 0.2) is 0 Å². The summed E-state index contributed by atoms with van der Waals surface area (Å²) >= 11 is 0. The summed E-state index contributed by atoms with van der Waals surface area (Å²) in [5.74, 6) is 0. The van der Waals surface area contributed by atoms with Crippen LogP contribution in [0.2, 0.25) is 0 Å². The second-order valence-corrected chi connectivity index (χ2v) is 7.64. The summed E-state index contributed by atoms with van der Waals surface area (Å²) in [6, 6.07) is 0. The van der Waals surface area contributed by atoms with Crippen molar-refractivity contribution >= 4 is 10.4 Å². The largest absolute Gasteiger partial charge is 1.00 e. The fourth-order valence-corrected chi connectivity index (χ4v) is 3.14. The van der Waals surface area contributed by atoms with Crippen molar-refractivity contribution in [1.82, 2.24) is 0 Å². The Labute approximate surface area is 164 Å². The Hall–Kier alpha value is 0.467. The van der Waals surface area contributed by atoms with Gasteiger partial charge in [0.05, 0.1) is 6.61 Å². The maximum absolute atomic E-state index is 10.3. The second-order valence-electron chi connectivity index (χ2n) is 6.55.